The Kier molecular flexibility index (Phi) is 7.85. The minimum atomic E-state index is -0.638. The molecule has 2 aromatic rings. The molecule has 0 aliphatic rings. The monoisotopic (exact) mass is 460 g/mol. The summed E-state index contributed by atoms with van der Waals surface area (Å²) in [7, 11) is 0. The summed E-state index contributed by atoms with van der Waals surface area (Å²) in [6.45, 7) is 9.60. The summed E-state index contributed by atoms with van der Waals surface area (Å²) in [4.78, 5) is 27.3. The predicted octanol–water partition coefficient (Wildman–Crippen LogP) is 4.47. The van der Waals surface area contributed by atoms with Gasteiger partial charge >= 0.3 is 0 Å². The topological polar surface area (TPSA) is 58.6 Å². The lowest BCUT2D eigenvalue weighted by Gasteiger charge is -2.31. The second-order valence-corrected chi connectivity index (χ2v) is 9.04. The molecule has 0 radical (unpaired) electrons. The molecule has 0 spiro atoms. The number of para-hydroxylation sites is 1. The van der Waals surface area contributed by atoms with E-state index >= 15 is 0 Å². The smallest absolute Gasteiger partial charge is 0.261 e. The van der Waals surface area contributed by atoms with Gasteiger partial charge in [-0.3, -0.25) is 9.59 Å². The highest BCUT2D eigenvalue weighted by Crippen LogP contribution is 2.18. The molecule has 2 amide bonds. The van der Waals surface area contributed by atoms with E-state index < -0.39 is 6.04 Å². The van der Waals surface area contributed by atoms with Crippen LogP contribution in [0.3, 0.4) is 0 Å². The average Bonchev–Trinajstić information content (AvgIpc) is 2.63. The molecule has 0 saturated heterocycles. The van der Waals surface area contributed by atoms with Crippen LogP contribution in [0.15, 0.2) is 53.0 Å². The Morgan fingerprint density at radius 3 is 2.45 bits per heavy atom. The van der Waals surface area contributed by atoms with E-state index in [-0.39, 0.29) is 24.0 Å². The molecule has 1 atom stereocenters. The lowest BCUT2D eigenvalue weighted by atomic mass is 10.1. The van der Waals surface area contributed by atoms with Gasteiger partial charge in [0, 0.05) is 16.6 Å². The van der Waals surface area contributed by atoms with Crippen molar-refractivity contribution < 1.29 is 14.3 Å². The largest absolute Gasteiger partial charge is 0.484 e. The van der Waals surface area contributed by atoms with Crippen molar-refractivity contribution in [3.05, 3.63) is 64.1 Å². The Morgan fingerprint density at radius 2 is 1.83 bits per heavy atom. The minimum absolute atomic E-state index is 0.133. The Hall–Kier alpha value is -2.34. The van der Waals surface area contributed by atoms with Gasteiger partial charge in [0.1, 0.15) is 11.8 Å². The van der Waals surface area contributed by atoms with Crippen LogP contribution in [0.5, 0.6) is 5.75 Å². The van der Waals surface area contributed by atoms with Crippen LogP contribution in [0.25, 0.3) is 0 Å². The van der Waals surface area contributed by atoms with Gasteiger partial charge in [-0.1, -0.05) is 46.3 Å². The fraction of sp³-hybridized carbons (Fsp3) is 0.391. The van der Waals surface area contributed by atoms with Crippen molar-refractivity contribution in [2.75, 3.05) is 6.61 Å². The molecule has 0 fully saturated rings. The molecule has 29 heavy (non-hydrogen) atoms. The Balaban J connectivity index is 2.19. The molecule has 2 rings (SSSR count). The third-order valence-electron chi connectivity index (χ3n) is 4.35. The first-order valence-corrected chi connectivity index (χ1v) is 10.4. The molecule has 5 nitrogen and oxygen atoms in total. The van der Waals surface area contributed by atoms with E-state index in [0.29, 0.717) is 12.3 Å². The first-order valence-electron chi connectivity index (χ1n) is 9.61. The van der Waals surface area contributed by atoms with Gasteiger partial charge in [0.15, 0.2) is 6.61 Å². The maximum absolute atomic E-state index is 13.0. The summed E-state index contributed by atoms with van der Waals surface area (Å²) in [5.41, 5.74) is 1.50. The Bertz CT molecular complexity index is 861. The summed E-state index contributed by atoms with van der Waals surface area (Å²) in [5.74, 6) is 0.219. The van der Waals surface area contributed by atoms with Crippen molar-refractivity contribution >= 4 is 27.7 Å². The van der Waals surface area contributed by atoms with Gasteiger partial charge < -0.3 is 15.0 Å². The van der Waals surface area contributed by atoms with Crippen molar-refractivity contribution in [2.45, 2.75) is 52.7 Å². The number of hydrogen-bond donors (Lipinski definition) is 1. The van der Waals surface area contributed by atoms with Gasteiger partial charge in [-0.25, -0.2) is 0 Å². The van der Waals surface area contributed by atoms with Crippen LogP contribution in [-0.2, 0) is 16.1 Å². The molecule has 0 aromatic heterocycles. The van der Waals surface area contributed by atoms with Gasteiger partial charge in [0.05, 0.1) is 0 Å². The summed E-state index contributed by atoms with van der Waals surface area (Å²) < 4.78 is 6.66. The molecule has 0 heterocycles. The van der Waals surface area contributed by atoms with E-state index in [9.17, 15) is 9.59 Å². The maximum atomic E-state index is 13.0. The van der Waals surface area contributed by atoms with Crippen LogP contribution in [0, 0.1) is 6.92 Å². The lowest BCUT2D eigenvalue weighted by molar-refractivity contribution is -0.142. The second kappa shape index (κ2) is 9.92. The Labute approximate surface area is 181 Å². The first kappa shape index (κ1) is 22.9. The fourth-order valence-corrected chi connectivity index (χ4v) is 3.28. The zero-order chi connectivity index (χ0) is 21.6. The summed E-state index contributed by atoms with van der Waals surface area (Å²) in [6, 6.07) is 14.6. The van der Waals surface area contributed by atoms with Crippen LogP contribution >= 0.6 is 15.9 Å². The molecule has 156 valence electrons. The molecular formula is C23H29BrN2O3. The van der Waals surface area contributed by atoms with Gasteiger partial charge in [0.2, 0.25) is 5.91 Å². The first-order chi connectivity index (χ1) is 13.6. The number of halogens is 1. The zero-order valence-corrected chi connectivity index (χ0v) is 19.2. The van der Waals surface area contributed by atoms with Crippen molar-refractivity contribution in [1.29, 1.82) is 0 Å². The third-order valence-corrected chi connectivity index (χ3v) is 4.85. The number of hydrogen-bond acceptors (Lipinski definition) is 3. The van der Waals surface area contributed by atoms with Crippen molar-refractivity contribution in [3.63, 3.8) is 0 Å². The molecule has 6 heteroatoms. The number of aryl methyl sites for hydroxylation is 1. The summed E-state index contributed by atoms with van der Waals surface area (Å²) in [5, 5.41) is 2.95. The standard InChI is InChI=1S/C23H29BrN2O3/c1-16-9-6-7-12-20(16)29-15-21(27)26(14-18-10-8-11-19(24)13-18)17(2)22(28)25-23(3,4)5/h6-13,17H,14-15H2,1-5H3,(H,25,28)/t17-/m0/s1. The van der Waals surface area contributed by atoms with Crippen molar-refractivity contribution in [3.8, 4) is 5.75 Å². The summed E-state index contributed by atoms with van der Waals surface area (Å²) in [6.07, 6.45) is 0. The van der Waals surface area contributed by atoms with Gasteiger partial charge in [0.25, 0.3) is 5.91 Å². The quantitative estimate of drug-likeness (QED) is 0.662. The third kappa shape index (κ3) is 7.20. The highest BCUT2D eigenvalue weighted by Gasteiger charge is 2.28. The number of nitrogens with zero attached hydrogens (tertiary/aromatic N) is 1. The number of amides is 2. The van der Waals surface area contributed by atoms with E-state index in [1.54, 1.807) is 11.8 Å². The normalized spacial score (nSPS) is 12.2. The van der Waals surface area contributed by atoms with Gasteiger partial charge in [-0.2, -0.15) is 0 Å². The number of carbonyl (C=O) groups excluding carboxylic acids is 2. The number of nitrogens with one attached hydrogen (secondary N) is 1. The number of carbonyl (C=O) groups is 2. The minimum Gasteiger partial charge on any atom is -0.484 e. The molecule has 0 unspecified atom stereocenters. The molecule has 0 bridgehead atoms. The van der Waals surface area contributed by atoms with Gasteiger partial charge in [-0.15, -0.1) is 0 Å². The zero-order valence-electron chi connectivity index (χ0n) is 17.7. The Morgan fingerprint density at radius 1 is 1.14 bits per heavy atom. The van der Waals surface area contributed by atoms with Crippen molar-refractivity contribution in [2.24, 2.45) is 0 Å². The predicted molar refractivity (Wildman–Crippen MR) is 119 cm³/mol. The average molecular weight is 461 g/mol. The van der Waals surface area contributed by atoms with Crippen LogP contribution in [0.2, 0.25) is 0 Å². The highest BCUT2D eigenvalue weighted by atomic mass is 79.9. The molecule has 0 aliphatic carbocycles. The van der Waals surface area contributed by atoms with E-state index in [4.69, 9.17) is 4.74 Å². The van der Waals surface area contributed by atoms with E-state index in [0.717, 1.165) is 15.6 Å². The molecule has 2 aromatic carbocycles. The van der Waals surface area contributed by atoms with E-state index in [2.05, 4.69) is 21.2 Å². The number of rotatable bonds is 7. The maximum Gasteiger partial charge on any atom is 0.261 e. The highest BCUT2D eigenvalue weighted by molar-refractivity contribution is 9.10. The number of ether oxygens (including phenoxy) is 1. The molecule has 0 saturated carbocycles. The SMILES string of the molecule is Cc1ccccc1OCC(=O)N(Cc1cccc(Br)c1)[C@@H](C)C(=O)NC(C)(C)C. The fourth-order valence-electron chi connectivity index (χ4n) is 2.83. The van der Waals surface area contributed by atoms with Crippen molar-refractivity contribution in [1.82, 2.24) is 10.2 Å². The van der Waals surface area contributed by atoms with Crippen LogP contribution in [0.1, 0.15) is 38.8 Å². The van der Waals surface area contributed by atoms with Gasteiger partial charge in [-0.05, 0) is 63.9 Å². The molecule has 1 N–H and O–H groups in total. The number of benzene rings is 2. The summed E-state index contributed by atoms with van der Waals surface area (Å²) >= 11 is 3.46. The molecule has 0 aliphatic heterocycles. The van der Waals surface area contributed by atoms with Crippen LogP contribution < -0.4 is 10.1 Å². The lowest BCUT2D eigenvalue weighted by Crippen LogP contribution is -2.53. The van der Waals surface area contributed by atoms with E-state index in [1.807, 2.05) is 76.2 Å². The van der Waals surface area contributed by atoms with E-state index in [1.165, 1.54) is 0 Å². The van der Waals surface area contributed by atoms with Crippen LogP contribution in [-0.4, -0.2) is 34.9 Å². The second-order valence-electron chi connectivity index (χ2n) is 8.12. The molecular weight excluding hydrogens is 432 g/mol. The van der Waals surface area contributed by atoms with Crippen LogP contribution in [0.4, 0.5) is 0 Å².